The predicted molar refractivity (Wildman–Crippen MR) is 105 cm³/mol. The van der Waals surface area contributed by atoms with Crippen LogP contribution in [0.5, 0.6) is 0 Å². The van der Waals surface area contributed by atoms with Crippen LogP contribution in [0.1, 0.15) is 45.2 Å². The zero-order chi connectivity index (χ0) is 20.1. The molecule has 3 rings (SSSR count). The van der Waals surface area contributed by atoms with E-state index in [4.69, 9.17) is 0 Å². The summed E-state index contributed by atoms with van der Waals surface area (Å²) < 4.78 is 0. The minimum atomic E-state index is -0.134. The van der Waals surface area contributed by atoms with Crippen molar-refractivity contribution < 1.29 is 14.4 Å². The first-order valence-corrected chi connectivity index (χ1v) is 10.1. The van der Waals surface area contributed by atoms with Crippen LogP contribution in [0.25, 0.3) is 0 Å². The van der Waals surface area contributed by atoms with Gasteiger partial charge in [-0.15, -0.1) is 0 Å². The fourth-order valence-electron chi connectivity index (χ4n) is 4.17. The summed E-state index contributed by atoms with van der Waals surface area (Å²) in [4.78, 5) is 44.9. The minimum absolute atomic E-state index is 0.0405. The van der Waals surface area contributed by atoms with Crippen molar-refractivity contribution in [1.29, 1.82) is 0 Å². The first kappa shape index (κ1) is 20.3. The Labute approximate surface area is 166 Å². The summed E-state index contributed by atoms with van der Waals surface area (Å²) in [7, 11) is 0. The van der Waals surface area contributed by atoms with E-state index in [1.54, 1.807) is 6.20 Å². The van der Waals surface area contributed by atoms with Crippen molar-refractivity contribution in [2.24, 2.45) is 11.3 Å². The molecule has 1 unspecified atom stereocenters. The highest BCUT2D eigenvalue weighted by Gasteiger charge is 2.42. The molecule has 1 spiro atoms. The van der Waals surface area contributed by atoms with Gasteiger partial charge in [0.25, 0.3) is 0 Å². The van der Waals surface area contributed by atoms with Crippen molar-refractivity contribution in [2.75, 3.05) is 26.2 Å². The highest BCUT2D eigenvalue weighted by molar-refractivity contribution is 5.85. The third-order valence-corrected chi connectivity index (χ3v) is 5.78. The number of pyridine rings is 1. The summed E-state index contributed by atoms with van der Waals surface area (Å²) >= 11 is 0. The van der Waals surface area contributed by atoms with Gasteiger partial charge >= 0.3 is 0 Å². The lowest BCUT2D eigenvalue weighted by atomic mass is 9.73. The van der Waals surface area contributed by atoms with Gasteiger partial charge in [0, 0.05) is 43.6 Å². The second kappa shape index (κ2) is 8.71. The number of aromatic nitrogens is 1. The average molecular weight is 386 g/mol. The summed E-state index contributed by atoms with van der Waals surface area (Å²) in [5, 5.41) is 2.72. The van der Waals surface area contributed by atoms with Crippen molar-refractivity contribution in [3.63, 3.8) is 0 Å². The molecule has 2 aliphatic rings. The van der Waals surface area contributed by atoms with Gasteiger partial charge in [-0.25, -0.2) is 0 Å². The summed E-state index contributed by atoms with van der Waals surface area (Å²) in [6.45, 7) is 6.20. The average Bonchev–Trinajstić information content (AvgIpc) is 2.69. The van der Waals surface area contributed by atoms with Crippen molar-refractivity contribution in [3.05, 3.63) is 30.1 Å². The van der Waals surface area contributed by atoms with Crippen LogP contribution in [0.2, 0.25) is 0 Å². The molecule has 0 bridgehead atoms. The number of piperidine rings is 2. The van der Waals surface area contributed by atoms with Crippen LogP contribution in [0.15, 0.2) is 24.4 Å². The van der Waals surface area contributed by atoms with Crippen LogP contribution in [-0.2, 0) is 20.9 Å². The number of amides is 3. The molecule has 0 radical (unpaired) electrons. The molecule has 7 heteroatoms. The van der Waals surface area contributed by atoms with E-state index in [0.29, 0.717) is 32.6 Å². The van der Waals surface area contributed by atoms with E-state index in [1.165, 1.54) is 0 Å². The number of likely N-dealkylation sites (tertiary alicyclic amines) is 2. The highest BCUT2D eigenvalue weighted by atomic mass is 16.2. The Morgan fingerprint density at radius 1 is 1.25 bits per heavy atom. The van der Waals surface area contributed by atoms with Gasteiger partial charge in [-0.05, 0) is 31.4 Å². The maximum absolute atomic E-state index is 12.6. The Balaban J connectivity index is 1.62. The number of nitrogens with one attached hydrogen (secondary N) is 1. The normalized spacial score (nSPS) is 22.6. The Morgan fingerprint density at radius 2 is 2.07 bits per heavy atom. The molecule has 0 aromatic carbocycles. The predicted octanol–water partition coefficient (Wildman–Crippen LogP) is 1.58. The SMILES string of the molecule is CC(C)C(=O)NCC(=O)N1CCCC2(CCC(=O)N(Cc3ccccn3)C2)C1. The van der Waals surface area contributed by atoms with Crippen LogP contribution >= 0.6 is 0 Å². The molecule has 1 aromatic rings. The van der Waals surface area contributed by atoms with Crippen LogP contribution in [-0.4, -0.2) is 58.7 Å². The number of hydrogen-bond donors (Lipinski definition) is 1. The molecule has 0 saturated carbocycles. The monoisotopic (exact) mass is 386 g/mol. The van der Waals surface area contributed by atoms with Crippen LogP contribution < -0.4 is 5.32 Å². The summed E-state index contributed by atoms with van der Waals surface area (Å²) in [5.74, 6) is -0.125. The maximum atomic E-state index is 12.6. The van der Waals surface area contributed by atoms with Gasteiger partial charge in [-0.3, -0.25) is 19.4 Å². The molecule has 3 heterocycles. The zero-order valence-electron chi connectivity index (χ0n) is 16.8. The van der Waals surface area contributed by atoms with Crippen LogP contribution in [0.4, 0.5) is 0 Å². The summed E-state index contributed by atoms with van der Waals surface area (Å²) in [6.07, 6.45) is 5.01. The third-order valence-electron chi connectivity index (χ3n) is 5.78. The van der Waals surface area contributed by atoms with Gasteiger partial charge in [-0.2, -0.15) is 0 Å². The van der Waals surface area contributed by atoms with Crippen molar-refractivity contribution >= 4 is 17.7 Å². The molecule has 28 heavy (non-hydrogen) atoms. The Morgan fingerprint density at radius 3 is 2.79 bits per heavy atom. The molecule has 2 saturated heterocycles. The van der Waals surface area contributed by atoms with E-state index in [-0.39, 0.29) is 35.6 Å². The molecule has 1 atom stereocenters. The Bertz CT molecular complexity index is 722. The van der Waals surface area contributed by atoms with Gasteiger partial charge < -0.3 is 15.1 Å². The lowest BCUT2D eigenvalue weighted by molar-refractivity contribution is -0.144. The third kappa shape index (κ3) is 4.88. The molecule has 0 aliphatic carbocycles. The van der Waals surface area contributed by atoms with Crippen molar-refractivity contribution in [1.82, 2.24) is 20.1 Å². The molecule has 3 amide bonds. The fraction of sp³-hybridized carbons (Fsp3) is 0.619. The lowest BCUT2D eigenvalue weighted by Gasteiger charge is -2.48. The van der Waals surface area contributed by atoms with Gasteiger partial charge in [0.1, 0.15) is 0 Å². The molecule has 1 aromatic heterocycles. The summed E-state index contributed by atoms with van der Waals surface area (Å²) in [5.41, 5.74) is 0.826. The van der Waals surface area contributed by atoms with Crippen LogP contribution in [0.3, 0.4) is 0 Å². The molecule has 2 fully saturated rings. The molecular weight excluding hydrogens is 356 g/mol. The second-order valence-corrected chi connectivity index (χ2v) is 8.36. The first-order chi connectivity index (χ1) is 13.4. The maximum Gasteiger partial charge on any atom is 0.241 e. The molecule has 2 aliphatic heterocycles. The summed E-state index contributed by atoms with van der Waals surface area (Å²) in [6, 6.07) is 5.73. The first-order valence-electron chi connectivity index (χ1n) is 10.1. The Hall–Kier alpha value is -2.44. The minimum Gasteiger partial charge on any atom is -0.347 e. The molecule has 1 N–H and O–H groups in total. The van der Waals surface area contributed by atoms with E-state index in [1.807, 2.05) is 41.8 Å². The largest absolute Gasteiger partial charge is 0.347 e. The van der Waals surface area contributed by atoms with E-state index < -0.39 is 0 Å². The van der Waals surface area contributed by atoms with Crippen LogP contribution in [0, 0.1) is 11.3 Å². The van der Waals surface area contributed by atoms with Gasteiger partial charge in [-0.1, -0.05) is 19.9 Å². The quantitative estimate of drug-likeness (QED) is 0.833. The number of nitrogens with zero attached hydrogens (tertiary/aromatic N) is 3. The van der Waals surface area contributed by atoms with E-state index >= 15 is 0 Å². The van der Waals surface area contributed by atoms with E-state index in [9.17, 15) is 14.4 Å². The second-order valence-electron chi connectivity index (χ2n) is 8.36. The number of carbonyl (C=O) groups is 3. The molecular formula is C21H30N4O3. The zero-order valence-corrected chi connectivity index (χ0v) is 16.8. The van der Waals surface area contributed by atoms with Crippen molar-refractivity contribution in [3.8, 4) is 0 Å². The van der Waals surface area contributed by atoms with Gasteiger partial charge in [0.05, 0.1) is 18.8 Å². The molecule has 152 valence electrons. The van der Waals surface area contributed by atoms with Crippen molar-refractivity contribution in [2.45, 2.75) is 46.1 Å². The lowest BCUT2D eigenvalue weighted by Crippen LogP contribution is -2.56. The van der Waals surface area contributed by atoms with E-state index in [0.717, 1.165) is 25.0 Å². The molecule has 7 nitrogen and oxygen atoms in total. The van der Waals surface area contributed by atoms with Gasteiger partial charge in [0.15, 0.2) is 0 Å². The topological polar surface area (TPSA) is 82.6 Å². The highest BCUT2D eigenvalue weighted by Crippen LogP contribution is 2.39. The standard InChI is InChI=1S/C21H30N4O3/c1-16(2)20(28)23-12-19(27)24-11-5-8-21(14-24)9-7-18(26)25(15-21)13-17-6-3-4-10-22-17/h3-4,6,10,16H,5,7-9,11-15H2,1-2H3,(H,23,28). The smallest absolute Gasteiger partial charge is 0.241 e. The fourth-order valence-corrected chi connectivity index (χ4v) is 4.17. The Kier molecular flexibility index (Phi) is 6.31. The number of hydrogen-bond acceptors (Lipinski definition) is 4. The van der Waals surface area contributed by atoms with E-state index in [2.05, 4.69) is 10.3 Å². The van der Waals surface area contributed by atoms with Gasteiger partial charge in [0.2, 0.25) is 17.7 Å². The number of rotatable bonds is 5. The number of carbonyl (C=O) groups excluding carboxylic acids is 3.